The number of para-hydroxylation sites is 1. The molecule has 0 aliphatic rings. The number of aryl methyl sites for hydroxylation is 1. The van der Waals surface area contributed by atoms with Crippen molar-refractivity contribution in [2.75, 3.05) is 18.2 Å². The predicted octanol–water partition coefficient (Wildman–Crippen LogP) is 3.75. The molecule has 1 N–H and O–H groups in total. The first-order valence-electron chi connectivity index (χ1n) is 8.26. The highest BCUT2D eigenvalue weighted by atomic mass is 35.5. The molecule has 0 saturated carbocycles. The average molecular weight is 417 g/mol. The van der Waals surface area contributed by atoms with Gasteiger partial charge < -0.3 is 10.1 Å². The lowest BCUT2D eigenvalue weighted by molar-refractivity contribution is -0.113. The summed E-state index contributed by atoms with van der Waals surface area (Å²) in [6, 6.07) is 12.3. The Labute approximate surface area is 171 Å². The van der Waals surface area contributed by atoms with Crippen molar-refractivity contribution < 1.29 is 14.3 Å². The maximum Gasteiger partial charge on any atom is 0.339 e. The monoisotopic (exact) mass is 416 g/mol. The first-order valence-corrected chi connectivity index (χ1v) is 9.62. The van der Waals surface area contributed by atoms with Crippen molar-refractivity contribution in [1.29, 1.82) is 0 Å². The maximum absolute atomic E-state index is 12.4. The van der Waals surface area contributed by atoms with Crippen molar-refractivity contribution in [3.8, 4) is 5.69 Å². The van der Waals surface area contributed by atoms with Crippen molar-refractivity contribution in [3.05, 3.63) is 64.9 Å². The zero-order valence-corrected chi connectivity index (χ0v) is 16.8. The van der Waals surface area contributed by atoms with Gasteiger partial charge in [0.05, 0.1) is 29.8 Å². The van der Waals surface area contributed by atoms with E-state index in [0.29, 0.717) is 21.4 Å². The topological polar surface area (TPSA) is 86.1 Å². The maximum atomic E-state index is 12.4. The van der Waals surface area contributed by atoms with E-state index in [0.717, 1.165) is 11.3 Å². The Bertz CT molecular complexity index is 1020. The Morgan fingerprint density at radius 1 is 1.25 bits per heavy atom. The van der Waals surface area contributed by atoms with E-state index in [2.05, 4.69) is 15.5 Å². The van der Waals surface area contributed by atoms with Gasteiger partial charge in [0.15, 0.2) is 5.16 Å². The largest absolute Gasteiger partial charge is 0.465 e. The highest BCUT2D eigenvalue weighted by molar-refractivity contribution is 7.99. The molecule has 0 aliphatic heterocycles. The zero-order chi connectivity index (χ0) is 20.1. The van der Waals surface area contributed by atoms with E-state index < -0.39 is 5.97 Å². The highest BCUT2D eigenvalue weighted by Gasteiger charge is 2.15. The standard InChI is InChI=1S/C19H17ClN4O3S/c1-12-7-8-13(9-15(12)20)24-11-21-23-19(24)28-10-17(25)22-16-6-4-3-5-14(16)18(26)27-2/h3-9,11H,10H2,1-2H3,(H,22,25). The van der Waals surface area contributed by atoms with E-state index in [1.807, 2.05) is 25.1 Å². The van der Waals surface area contributed by atoms with Gasteiger partial charge in [0.2, 0.25) is 5.91 Å². The molecule has 0 bridgehead atoms. The van der Waals surface area contributed by atoms with Crippen molar-refractivity contribution >= 4 is 40.9 Å². The summed E-state index contributed by atoms with van der Waals surface area (Å²) >= 11 is 7.41. The van der Waals surface area contributed by atoms with Crippen molar-refractivity contribution in [2.24, 2.45) is 0 Å². The van der Waals surface area contributed by atoms with Crippen LogP contribution in [0.5, 0.6) is 0 Å². The number of rotatable bonds is 6. The number of ether oxygens (including phenoxy) is 1. The summed E-state index contributed by atoms with van der Waals surface area (Å²) in [5, 5.41) is 11.9. The van der Waals surface area contributed by atoms with Crippen LogP contribution in [0.2, 0.25) is 5.02 Å². The highest BCUT2D eigenvalue weighted by Crippen LogP contribution is 2.24. The third-order valence-electron chi connectivity index (χ3n) is 3.89. The Kier molecular flexibility index (Phi) is 6.33. The Balaban J connectivity index is 1.69. The first-order chi connectivity index (χ1) is 13.5. The molecule has 0 unspecified atom stereocenters. The van der Waals surface area contributed by atoms with E-state index >= 15 is 0 Å². The summed E-state index contributed by atoms with van der Waals surface area (Å²) in [4.78, 5) is 24.2. The van der Waals surface area contributed by atoms with Crippen LogP contribution < -0.4 is 5.32 Å². The molecule has 0 spiro atoms. The molecular weight excluding hydrogens is 400 g/mol. The molecule has 2 aromatic carbocycles. The summed E-state index contributed by atoms with van der Waals surface area (Å²) in [5.41, 5.74) is 2.46. The Morgan fingerprint density at radius 2 is 2.04 bits per heavy atom. The molecule has 1 aromatic heterocycles. The normalized spacial score (nSPS) is 10.5. The molecule has 0 atom stereocenters. The second kappa shape index (κ2) is 8.90. The minimum absolute atomic E-state index is 0.0911. The number of esters is 1. The van der Waals surface area contributed by atoms with Gasteiger partial charge in [-0.15, -0.1) is 10.2 Å². The fourth-order valence-electron chi connectivity index (χ4n) is 2.43. The van der Waals surface area contributed by atoms with Crippen LogP contribution in [0.15, 0.2) is 53.9 Å². The van der Waals surface area contributed by atoms with E-state index in [9.17, 15) is 9.59 Å². The van der Waals surface area contributed by atoms with E-state index in [-0.39, 0.29) is 11.7 Å². The van der Waals surface area contributed by atoms with E-state index in [1.165, 1.54) is 18.9 Å². The number of halogens is 1. The number of benzene rings is 2. The van der Waals surface area contributed by atoms with Gasteiger partial charge in [-0.05, 0) is 36.8 Å². The van der Waals surface area contributed by atoms with Gasteiger partial charge in [0.25, 0.3) is 0 Å². The third kappa shape index (κ3) is 4.52. The number of carbonyl (C=O) groups excluding carboxylic acids is 2. The molecule has 9 heteroatoms. The molecule has 0 aliphatic carbocycles. The average Bonchev–Trinajstić information content (AvgIpc) is 3.17. The lowest BCUT2D eigenvalue weighted by atomic mass is 10.2. The van der Waals surface area contributed by atoms with Crippen LogP contribution >= 0.6 is 23.4 Å². The fourth-order valence-corrected chi connectivity index (χ4v) is 3.33. The molecule has 28 heavy (non-hydrogen) atoms. The second-order valence-electron chi connectivity index (χ2n) is 5.79. The molecular formula is C19H17ClN4O3S. The van der Waals surface area contributed by atoms with Crippen molar-refractivity contribution in [1.82, 2.24) is 14.8 Å². The summed E-state index contributed by atoms with van der Waals surface area (Å²) in [6.45, 7) is 1.92. The minimum Gasteiger partial charge on any atom is -0.465 e. The second-order valence-corrected chi connectivity index (χ2v) is 7.14. The van der Waals surface area contributed by atoms with Gasteiger partial charge in [-0.2, -0.15) is 0 Å². The Hall–Kier alpha value is -2.84. The van der Waals surface area contributed by atoms with E-state index in [1.54, 1.807) is 35.2 Å². The minimum atomic E-state index is -0.514. The van der Waals surface area contributed by atoms with Crippen LogP contribution in [0.3, 0.4) is 0 Å². The molecule has 0 fully saturated rings. The summed E-state index contributed by atoms with van der Waals surface area (Å²) < 4.78 is 6.49. The van der Waals surface area contributed by atoms with Crippen LogP contribution in [-0.2, 0) is 9.53 Å². The molecule has 1 amide bonds. The number of amides is 1. The smallest absolute Gasteiger partial charge is 0.339 e. The van der Waals surface area contributed by atoms with Gasteiger partial charge >= 0.3 is 5.97 Å². The van der Waals surface area contributed by atoms with Crippen LogP contribution in [-0.4, -0.2) is 39.5 Å². The van der Waals surface area contributed by atoms with Crippen molar-refractivity contribution in [2.45, 2.75) is 12.1 Å². The number of methoxy groups -OCH3 is 1. The summed E-state index contributed by atoms with van der Waals surface area (Å²) in [6.07, 6.45) is 1.56. The fraction of sp³-hybridized carbons (Fsp3) is 0.158. The summed E-state index contributed by atoms with van der Waals surface area (Å²) in [7, 11) is 1.29. The number of nitrogens with zero attached hydrogens (tertiary/aromatic N) is 3. The molecule has 0 saturated heterocycles. The van der Waals surface area contributed by atoms with E-state index in [4.69, 9.17) is 16.3 Å². The van der Waals surface area contributed by atoms with Crippen LogP contribution in [0.1, 0.15) is 15.9 Å². The van der Waals surface area contributed by atoms with Crippen LogP contribution in [0.25, 0.3) is 5.69 Å². The molecule has 3 rings (SSSR count). The van der Waals surface area contributed by atoms with Crippen molar-refractivity contribution in [3.63, 3.8) is 0 Å². The van der Waals surface area contributed by atoms with Gasteiger partial charge in [-0.1, -0.05) is 41.6 Å². The van der Waals surface area contributed by atoms with Gasteiger partial charge in [0, 0.05) is 5.02 Å². The number of hydrogen-bond donors (Lipinski definition) is 1. The molecule has 7 nitrogen and oxygen atoms in total. The van der Waals surface area contributed by atoms with Gasteiger partial charge in [0.1, 0.15) is 6.33 Å². The number of anilines is 1. The summed E-state index contributed by atoms with van der Waals surface area (Å²) in [5.74, 6) is -0.703. The number of nitrogens with one attached hydrogen (secondary N) is 1. The zero-order valence-electron chi connectivity index (χ0n) is 15.2. The predicted molar refractivity (Wildman–Crippen MR) is 108 cm³/mol. The molecule has 3 aromatic rings. The van der Waals surface area contributed by atoms with Gasteiger partial charge in [-0.25, -0.2) is 4.79 Å². The van der Waals surface area contributed by atoms with Crippen LogP contribution in [0, 0.1) is 6.92 Å². The number of aromatic nitrogens is 3. The molecule has 1 heterocycles. The molecule has 144 valence electrons. The SMILES string of the molecule is COC(=O)c1ccccc1NC(=O)CSc1nncn1-c1ccc(C)c(Cl)c1. The number of carbonyl (C=O) groups is 2. The first kappa shape index (κ1) is 19.9. The van der Waals surface area contributed by atoms with Crippen LogP contribution in [0.4, 0.5) is 5.69 Å². The molecule has 0 radical (unpaired) electrons. The third-order valence-corrected chi connectivity index (χ3v) is 5.24. The lowest BCUT2D eigenvalue weighted by Gasteiger charge is -2.10. The number of hydrogen-bond acceptors (Lipinski definition) is 6. The Morgan fingerprint density at radius 3 is 2.79 bits per heavy atom. The van der Waals surface area contributed by atoms with Gasteiger partial charge in [-0.3, -0.25) is 9.36 Å². The quantitative estimate of drug-likeness (QED) is 0.486. The number of thioether (sulfide) groups is 1. The lowest BCUT2D eigenvalue weighted by Crippen LogP contribution is -2.17.